The fraction of sp³-hybridized carbons (Fsp3) is 1.00. The van der Waals surface area contributed by atoms with Crippen LogP contribution in [-0.2, 0) is 9.47 Å². The minimum absolute atomic E-state index is 0.689. The largest absolute Gasteiger partial charge is 0.381 e. The summed E-state index contributed by atoms with van der Waals surface area (Å²) in [4.78, 5) is 2.43. The molecule has 0 bridgehead atoms. The van der Waals surface area contributed by atoms with E-state index in [0.29, 0.717) is 6.04 Å². The Morgan fingerprint density at radius 1 is 0.800 bits per heavy atom. The van der Waals surface area contributed by atoms with Gasteiger partial charge in [-0.2, -0.15) is 0 Å². The molecular formula is C17H37NO2. The first-order valence-corrected chi connectivity index (χ1v) is 8.50. The van der Waals surface area contributed by atoms with Crippen molar-refractivity contribution in [2.24, 2.45) is 11.8 Å². The van der Waals surface area contributed by atoms with Crippen molar-refractivity contribution in [3.8, 4) is 0 Å². The summed E-state index contributed by atoms with van der Waals surface area (Å²) in [6.45, 7) is 19.1. The first-order valence-electron chi connectivity index (χ1n) is 8.50. The Labute approximate surface area is 127 Å². The predicted molar refractivity (Wildman–Crippen MR) is 87.3 cm³/mol. The molecule has 2 fully saturated rings. The van der Waals surface area contributed by atoms with Crippen molar-refractivity contribution in [3.63, 3.8) is 0 Å². The molecule has 0 aromatic rings. The van der Waals surface area contributed by atoms with Gasteiger partial charge < -0.3 is 9.47 Å². The average Bonchev–Trinajstić information content (AvgIpc) is 2.51. The van der Waals surface area contributed by atoms with Crippen LogP contribution in [0.4, 0.5) is 0 Å². The van der Waals surface area contributed by atoms with Crippen LogP contribution in [0.25, 0.3) is 0 Å². The summed E-state index contributed by atoms with van der Waals surface area (Å²) in [6.07, 6.45) is 2.55. The van der Waals surface area contributed by atoms with Gasteiger partial charge in [-0.25, -0.2) is 0 Å². The normalized spacial score (nSPS) is 21.0. The van der Waals surface area contributed by atoms with Crippen molar-refractivity contribution in [1.82, 2.24) is 4.90 Å². The number of nitrogens with zero attached hydrogens (tertiary/aromatic N) is 1. The molecule has 0 saturated carbocycles. The van der Waals surface area contributed by atoms with Crippen LogP contribution in [-0.4, -0.2) is 50.5 Å². The van der Waals surface area contributed by atoms with Gasteiger partial charge in [0.1, 0.15) is 0 Å². The highest BCUT2D eigenvalue weighted by molar-refractivity contribution is 4.66. The molecule has 2 rings (SSSR count). The molecule has 0 atom stereocenters. The molecule has 3 nitrogen and oxygen atoms in total. The van der Waals surface area contributed by atoms with Crippen LogP contribution in [0.15, 0.2) is 0 Å². The first-order chi connectivity index (χ1) is 9.61. The lowest BCUT2D eigenvalue weighted by Gasteiger charge is -2.29. The third kappa shape index (κ3) is 8.93. The van der Waals surface area contributed by atoms with E-state index >= 15 is 0 Å². The highest BCUT2D eigenvalue weighted by Gasteiger charge is 2.16. The van der Waals surface area contributed by atoms with Gasteiger partial charge in [0.05, 0.1) is 13.2 Å². The van der Waals surface area contributed by atoms with E-state index in [2.05, 4.69) is 32.6 Å². The van der Waals surface area contributed by atoms with E-state index in [-0.39, 0.29) is 0 Å². The molecule has 0 aromatic heterocycles. The lowest BCUT2D eigenvalue weighted by Crippen LogP contribution is -2.40. The van der Waals surface area contributed by atoms with E-state index in [0.717, 1.165) is 51.4 Å². The highest BCUT2D eigenvalue weighted by atomic mass is 16.5. The molecule has 2 saturated heterocycles. The zero-order valence-corrected chi connectivity index (χ0v) is 14.7. The quantitative estimate of drug-likeness (QED) is 0.770. The summed E-state index contributed by atoms with van der Waals surface area (Å²) in [6, 6.07) is 0.689. The van der Waals surface area contributed by atoms with E-state index in [1.165, 1.54) is 12.8 Å². The number of hydrogen-bond donors (Lipinski definition) is 0. The smallest absolute Gasteiger partial charge is 0.0594 e. The number of morpholine rings is 1. The topological polar surface area (TPSA) is 21.7 Å². The molecule has 2 heterocycles. The third-order valence-electron chi connectivity index (χ3n) is 3.98. The number of rotatable bonds is 2. The summed E-state index contributed by atoms with van der Waals surface area (Å²) >= 11 is 0. The van der Waals surface area contributed by atoms with E-state index in [1.54, 1.807) is 0 Å². The summed E-state index contributed by atoms with van der Waals surface area (Å²) in [7, 11) is 0. The molecular weight excluding hydrogens is 250 g/mol. The monoisotopic (exact) mass is 287 g/mol. The summed E-state index contributed by atoms with van der Waals surface area (Å²) in [5.41, 5.74) is 0. The molecule has 122 valence electrons. The molecule has 0 N–H and O–H groups in total. The zero-order valence-electron chi connectivity index (χ0n) is 14.7. The van der Waals surface area contributed by atoms with Crippen molar-refractivity contribution < 1.29 is 9.47 Å². The minimum Gasteiger partial charge on any atom is -0.381 e. The van der Waals surface area contributed by atoms with Gasteiger partial charge in [-0.05, 0) is 38.5 Å². The van der Waals surface area contributed by atoms with Crippen LogP contribution >= 0.6 is 0 Å². The van der Waals surface area contributed by atoms with Gasteiger partial charge in [0.25, 0.3) is 0 Å². The van der Waals surface area contributed by atoms with Crippen LogP contribution in [0.3, 0.4) is 0 Å². The lowest BCUT2D eigenvalue weighted by molar-refractivity contribution is 0.0238. The Morgan fingerprint density at radius 2 is 1.25 bits per heavy atom. The van der Waals surface area contributed by atoms with Crippen molar-refractivity contribution in [3.05, 3.63) is 0 Å². The Hall–Kier alpha value is -0.120. The molecule has 20 heavy (non-hydrogen) atoms. The second-order valence-corrected chi connectivity index (χ2v) is 5.94. The number of ether oxygens (including phenoxy) is 2. The van der Waals surface area contributed by atoms with Gasteiger partial charge in [-0.15, -0.1) is 0 Å². The van der Waals surface area contributed by atoms with Gasteiger partial charge in [-0.3, -0.25) is 4.90 Å². The standard InChI is InChI=1S/C8H16O.C7H15NO.C2H6/c2*1-7(2)8-3-5-9-6-4-8;1-2/h7-8H,3-6H2,1-2H3;7H,3-6H2,1-2H3;1-2H3. The van der Waals surface area contributed by atoms with E-state index < -0.39 is 0 Å². The van der Waals surface area contributed by atoms with Crippen LogP contribution in [0, 0.1) is 11.8 Å². The zero-order chi connectivity index (χ0) is 15.4. The molecule has 0 aliphatic carbocycles. The van der Waals surface area contributed by atoms with Gasteiger partial charge >= 0.3 is 0 Å². The molecule has 3 heteroatoms. The van der Waals surface area contributed by atoms with E-state index in [9.17, 15) is 0 Å². The SMILES string of the molecule is CC.CC(C)C1CCOCC1.CC(C)N1CCOCC1. The average molecular weight is 287 g/mol. The Balaban J connectivity index is 0.000000321. The summed E-state index contributed by atoms with van der Waals surface area (Å²) in [5.74, 6) is 1.78. The van der Waals surface area contributed by atoms with Gasteiger partial charge in [0.15, 0.2) is 0 Å². The van der Waals surface area contributed by atoms with Crippen LogP contribution < -0.4 is 0 Å². The maximum absolute atomic E-state index is 5.25. The van der Waals surface area contributed by atoms with Crippen LogP contribution in [0.5, 0.6) is 0 Å². The second kappa shape index (κ2) is 12.6. The molecule has 0 aromatic carbocycles. The summed E-state index contributed by atoms with van der Waals surface area (Å²) < 4.78 is 10.5. The Morgan fingerprint density at radius 3 is 1.55 bits per heavy atom. The molecule has 0 amide bonds. The maximum atomic E-state index is 5.25. The van der Waals surface area contributed by atoms with Gasteiger partial charge in [0.2, 0.25) is 0 Å². The summed E-state index contributed by atoms with van der Waals surface area (Å²) in [5, 5.41) is 0. The van der Waals surface area contributed by atoms with Crippen molar-refractivity contribution in [2.45, 2.75) is 60.4 Å². The minimum atomic E-state index is 0.689. The molecule has 0 radical (unpaired) electrons. The lowest BCUT2D eigenvalue weighted by atomic mass is 9.89. The van der Waals surface area contributed by atoms with Crippen LogP contribution in [0.1, 0.15) is 54.4 Å². The molecule has 2 aliphatic rings. The molecule has 0 spiro atoms. The van der Waals surface area contributed by atoms with Crippen molar-refractivity contribution >= 4 is 0 Å². The van der Waals surface area contributed by atoms with E-state index in [4.69, 9.17) is 9.47 Å². The van der Waals surface area contributed by atoms with Gasteiger partial charge in [-0.1, -0.05) is 27.7 Å². The molecule has 2 aliphatic heterocycles. The fourth-order valence-corrected chi connectivity index (χ4v) is 2.48. The first kappa shape index (κ1) is 19.9. The van der Waals surface area contributed by atoms with Crippen molar-refractivity contribution in [1.29, 1.82) is 0 Å². The van der Waals surface area contributed by atoms with Crippen molar-refractivity contribution in [2.75, 3.05) is 39.5 Å². The fourth-order valence-electron chi connectivity index (χ4n) is 2.48. The van der Waals surface area contributed by atoms with E-state index in [1.807, 2.05) is 13.8 Å². The second-order valence-electron chi connectivity index (χ2n) is 5.94. The Kier molecular flexibility index (Phi) is 12.5. The third-order valence-corrected chi connectivity index (χ3v) is 3.98. The maximum Gasteiger partial charge on any atom is 0.0594 e. The number of hydrogen-bond acceptors (Lipinski definition) is 3. The van der Waals surface area contributed by atoms with Gasteiger partial charge in [0, 0.05) is 32.3 Å². The highest BCUT2D eigenvalue weighted by Crippen LogP contribution is 2.22. The van der Waals surface area contributed by atoms with Crippen LogP contribution in [0.2, 0.25) is 0 Å². The predicted octanol–water partition coefficient (Wildman–Crippen LogP) is 3.82. The molecule has 0 unspecified atom stereocenters. The Bertz CT molecular complexity index is 173.